The summed E-state index contributed by atoms with van der Waals surface area (Å²) in [5.74, 6) is 0.905. The van der Waals surface area contributed by atoms with Crippen LogP contribution in [-0.2, 0) is 12.8 Å². The molecule has 0 spiro atoms. The van der Waals surface area contributed by atoms with Gasteiger partial charge in [0, 0.05) is 25.2 Å². The summed E-state index contributed by atoms with van der Waals surface area (Å²) in [6, 6.07) is 16.1. The van der Waals surface area contributed by atoms with E-state index in [1.165, 1.54) is 5.56 Å². The molecule has 0 aliphatic carbocycles. The van der Waals surface area contributed by atoms with E-state index in [1.807, 2.05) is 29.2 Å². The quantitative estimate of drug-likeness (QED) is 0.537. The zero-order chi connectivity index (χ0) is 18.2. The number of ether oxygens (including phenoxy) is 1. The van der Waals surface area contributed by atoms with Crippen molar-refractivity contribution >= 4 is 5.91 Å². The van der Waals surface area contributed by atoms with Crippen molar-refractivity contribution in [1.82, 2.24) is 10.4 Å². The van der Waals surface area contributed by atoms with Gasteiger partial charge in [-0.15, -0.1) is 0 Å². The van der Waals surface area contributed by atoms with E-state index in [9.17, 15) is 4.79 Å². The van der Waals surface area contributed by atoms with E-state index in [0.717, 1.165) is 55.6 Å². The van der Waals surface area contributed by atoms with Crippen LogP contribution in [0.15, 0.2) is 48.5 Å². The summed E-state index contributed by atoms with van der Waals surface area (Å²) in [7, 11) is 0. The van der Waals surface area contributed by atoms with Crippen molar-refractivity contribution in [2.24, 2.45) is 0 Å². The van der Waals surface area contributed by atoms with Crippen LogP contribution in [0, 0.1) is 0 Å². The highest BCUT2D eigenvalue weighted by Crippen LogP contribution is 2.24. The van der Waals surface area contributed by atoms with Crippen LogP contribution in [-0.4, -0.2) is 42.3 Å². The second-order valence-electron chi connectivity index (χ2n) is 6.56. The topological polar surface area (TPSA) is 61.8 Å². The van der Waals surface area contributed by atoms with Crippen LogP contribution in [0.2, 0.25) is 0 Å². The van der Waals surface area contributed by atoms with Crippen LogP contribution in [0.5, 0.6) is 5.75 Å². The normalized spacial score (nSPS) is 13.6. The van der Waals surface area contributed by atoms with Gasteiger partial charge in [-0.3, -0.25) is 4.79 Å². The van der Waals surface area contributed by atoms with Crippen molar-refractivity contribution in [2.45, 2.75) is 25.7 Å². The van der Waals surface area contributed by atoms with Gasteiger partial charge >= 0.3 is 0 Å². The lowest BCUT2D eigenvalue weighted by Crippen LogP contribution is -2.38. The maximum Gasteiger partial charge on any atom is 0.254 e. The van der Waals surface area contributed by atoms with Crippen LogP contribution in [0.1, 0.15) is 34.3 Å². The molecule has 0 aromatic heterocycles. The lowest BCUT2D eigenvalue weighted by molar-refractivity contribution is 0.0737. The summed E-state index contributed by atoms with van der Waals surface area (Å²) >= 11 is 0. The average Bonchev–Trinajstić information content (AvgIpc) is 2.68. The summed E-state index contributed by atoms with van der Waals surface area (Å²) in [4.78, 5) is 14.7. The van der Waals surface area contributed by atoms with Crippen molar-refractivity contribution in [3.8, 4) is 5.75 Å². The fourth-order valence-electron chi connectivity index (χ4n) is 3.28. The molecule has 0 unspecified atom stereocenters. The summed E-state index contributed by atoms with van der Waals surface area (Å²) in [6.45, 7) is 2.59. The van der Waals surface area contributed by atoms with Gasteiger partial charge < -0.3 is 14.8 Å². The first-order valence-electron chi connectivity index (χ1n) is 9.24. The Morgan fingerprint density at radius 3 is 2.77 bits per heavy atom. The third kappa shape index (κ3) is 4.84. The number of fused-ring (bicyclic) bond motifs is 1. The molecule has 2 N–H and O–H groups in total. The molecule has 0 radical (unpaired) electrons. The van der Waals surface area contributed by atoms with E-state index < -0.39 is 0 Å². The molecule has 1 aliphatic rings. The molecule has 0 fully saturated rings. The molecule has 5 heteroatoms. The van der Waals surface area contributed by atoms with Crippen molar-refractivity contribution < 1.29 is 14.7 Å². The highest BCUT2D eigenvalue weighted by molar-refractivity contribution is 5.96. The number of benzene rings is 2. The minimum Gasteiger partial charge on any atom is -0.494 e. The molecule has 138 valence electrons. The fraction of sp³-hybridized carbons (Fsp3) is 0.381. The van der Waals surface area contributed by atoms with E-state index in [-0.39, 0.29) is 5.91 Å². The number of rotatable bonds is 9. The smallest absolute Gasteiger partial charge is 0.254 e. The highest BCUT2D eigenvalue weighted by atomic mass is 16.5. The molecule has 5 nitrogen and oxygen atoms in total. The summed E-state index contributed by atoms with van der Waals surface area (Å²) in [5.41, 5.74) is 5.28. The van der Waals surface area contributed by atoms with Crippen molar-refractivity contribution in [3.63, 3.8) is 0 Å². The van der Waals surface area contributed by atoms with Gasteiger partial charge in [0.15, 0.2) is 0 Å². The maximum atomic E-state index is 12.7. The molecular weight excluding hydrogens is 328 g/mol. The number of hydroxylamine groups is 1. The molecule has 0 bridgehead atoms. The van der Waals surface area contributed by atoms with E-state index in [0.29, 0.717) is 13.2 Å². The van der Waals surface area contributed by atoms with Crippen molar-refractivity contribution in [3.05, 3.63) is 65.2 Å². The van der Waals surface area contributed by atoms with E-state index >= 15 is 0 Å². The Hall–Kier alpha value is -2.37. The number of nitrogens with one attached hydrogen (secondary N) is 1. The number of nitrogens with zero attached hydrogens (tertiary/aromatic N) is 1. The number of amides is 1. The average molecular weight is 354 g/mol. The summed E-state index contributed by atoms with van der Waals surface area (Å²) in [6.07, 6.45) is 3.56. The van der Waals surface area contributed by atoms with Gasteiger partial charge in [0.1, 0.15) is 5.75 Å². The number of hydrogen-bond acceptors (Lipinski definition) is 4. The first-order valence-corrected chi connectivity index (χ1v) is 9.24. The van der Waals surface area contributed by atoms with Gasteiger partial charge in [0.2, 0.25) is 0 Å². The SMILES string of the molecule is O=C1c2ccc(OCCCNO)cc2CCN1CCCc1ccccc1. The molecule has 0 atom stereocenters. The molecule has 1 aliphatic heterocycles. The first kappa shape index (κ1) is 18.4. The molecule has 26 heavy (non-hydrogen) atoms. The minimum absolute atomic E-state index is 0.121. The Morgan fingerprint density at radius 2 is 1.96 bits per heavy atom. The van der Waals surface area contributed by atoms with Gasteiger partial charge in [0.05, 0.1) is 6.61 Å². The number of hydrogen-bond donors (Lipinski definition) is 2. The Balaban J connectivity index is 1.52. The van der Waals surface area contributed by atoms with E-state index in [1.54, 1.807) is 0 Å². The predicted molar refractivity (Wildman–Crippen MR) is 101 cm³/mol. The van der Waals surface area contributed by atoms with Crippen LogP contribution >= 0.6 is 0 Å². The monoisotopic (exact) mass is 354 g/mol. The number of carbonyl (C=O) groups excluding carboxylic acids is 1. The second-order valence-corrected chi connectivity index (χ2v) is 6.56. The summed E-state index contributed by atoms with van der Waals surface area (Å²) in [5, 5.41) is 8.55. The number of aryl methyl sites for hydroxylation is 1. The van der Waals surface area contributed by atoms with Crippen molar-refractivity contribution in [2.75, 3.05) is 26.2 Å². The highest BCUT2D eigenvalue weighted by Gasteiger charge is 2.24. The minimum atomic E-state index is 0.121. The van der Waals surface area contributed by atoms with Gasteiger partial charge in [-0.2, -0.15) is 0 Å². The van der Waals surface area contributed by atoms with Gasteiger partial charge in [-0.05, 0) is 55.0 Å². The predicted octanol–water partition coefficient (Wildman–Crippen LogP) is 3.07. The van der Waals surface area contributed by atoms with Gasteiger partial charge in [0.25, 0.3) is 5.91 Å². The van der Waals surface area contributed by atoms with Crippen LogP contribution in [0.25, 0.3) is 0 Å². The molecule has 2 aromatic carbocycles. The Bertz CT molecular complexity index is 718. The zero-order valence-electron chi connectivity index (χ0n) is 15.0. The molecule has 1 heterocycles. The molecule has 2 aromatic rings. The standard InChI is InChI=1S/C21H26N2O3/c24-21-20-10-9-19(26-15-5-12-22-25)16-18(20)11-14-23(21)13-4-8-17-6-2-1-3-7-17/h1-3,6-7,9-10,16,22,25H,4-5,8,11-15H2. The first-order chi connectivity index (χ1) is 12.8. The fourth-order valence-corrected chi connectivity index (χ4v) is 3.28. The summed E-state index contributed by atoms with van der Waals surface area (Å²) < 4.78 is 5.67. The Kier molecular flexibility index (Phi) is 6.63. The number of carbonyl (C=O) groups is 1. The molecule has 0 saturated heterocycles. The second kappa shape index (κ2) is 9.36. The third-order valence-electron chi connectivity index (χ3n) is 4.68. The lowest BCUT2D eigenvalue weighted by Gasteiger charge is -2.29. The molecular formula is C21H26N2O3. The van der Waals surface area contributed by atoms with Crippen molar-refractivity contribution in [1.29, 1.82) is 0 Å². The Labute approximate surface area is 154 Å². The van der Waals surface area contributed by atoms with E-state index in [2.05, 4.69) is 29.7 Å². The van der Waals surface area contributed by atoms with Crippen LogP contribution in [0.4, 0.5) is 0 Å². The molecule has 0 saturated carbocycles. The molecule has 1 amide bonds. The largest absolute Gasteiger partial charge is 0.494 e. The van der Waals surface area contributed by atoms with Crippen LogP contribution in [0.3, 0.4) is 0 Å². The lowest BCUT2D eigenvalue weighted by atomic mass is 9.98. The van der Waals surface area contributed by atoms with E-state index in [4.69, 9.17) is 9.94 Å². The maximum absolute atomic E-state index is 12.7. The van der Waals surface area contributed by atoms with Crippen LogP contribution < -0.4 is 10.2 Å². The zero-order valence-corrected chi connectivity index (χ0v) is 15.0. The Morgan fingerprint density at radius 1 is 1.12 bits per heavy atom. The van der Waals surface area contributed by atoms with Gasteiger partial charge in [-0.1, -0.05) is 30.3 Å². The molecule has 3 rings (SSSR count). The third-order valence-corrected chi connectivity index (χ3v) is 4.68. The van der Waals surface area contributed by atoms with Gasteiger partial charge in [-0.25, -0.2) is 5.48 Å².